The summed E-state index contributed by atoms with van der Waals surface area (Å²) in [7, 11) is 1.72. The fourth-order valence-corrected chi connectivity index (χ4v) is 4.20. The third-order valence-electron chi connectivity index (χ3n) is 5.26. The fourth-order valence-electron chi connectivity index (χ4n) is 3.81. The fraction of sp³-hybridized carbons (Fsp3) is 0.240. The monoisotopic (exact) mass is 455 g/mol. The number of aryl methyl sites for hydroxylation is 1. The van der Waals surface area contributed by atoms with Crippen molar-refractivity contribution in [1.29, 1.82) is 0 Å². The summed E-state index contributed by atoms with van der Waals surface area (Å²) in [6, 6.07) is 19.2. The van der Waals surface area contributed by atoms with Crippen LogP contribution >= 0.6 is 23.2 Å². The summed E-state index contributed by atoms with van der Waals surface area (Å²) >= 11 is 12.7. The van der Waals surface area contributed by atoms with Crippen LogP contribution in [0.3, 0.4) is 0 Å². The Labute approximate surface area is 192 Å². The van der Waals surface area contributed by atoms with Gasteiger partial charge >= 0.3 is 6.09 Å². The van der Waals surface area contributed by atoms with E-state index in [1.807, 2.05) is 43.3 Å². The molecule has 0 radical (unpaired) electrons. The van der Waals surface area contributed by atoms with E-state index in [0.29, 0.717) is 23.0 Å². The summed E-state index contributed by atoms with van der Waals surface area (Å²) < 4.78 is 11.7. The predicted molar refractivity (Wildman–Crippen MR) is 124 cm³/mol. The zero-order valence-electron chi connectivity index (χ0n) is 17.4. The van der Waals surface area contributed by atoms with Crippen LogP contribution in [0.4, 0.5) is 4.79 Å². The third kappa shape index (κ3) is 4.97. The second kappa shape index (κ2) is 9.21. The van der Waals surface area contributed by atoms with Crippen molar-refractivity contribution >= 4 is 29.3 Å². The molecular weight excluding hydrogens is 433 g/mol. The van der Waals surface area contributed by atoms with Gasteiger partial charge in [-0.05, 0) is 47.9 Å². The van der Waals surface area contributed by atoms with Gasteiger partial charge in [0.05, 0.1) is 6.54 Å². The molecule has 0 saturated heterocycles. The summed E-state index contributed by atoms with van der Waals surface area (Å²) in [6.45, 7) is 2.71. The molecule has 0 bridgehead atoms. The Hall–Kier alpha value is -2.69. The summed E-state index contributed by atoms with van der Waals surface area (Å²) in [6.07, 6.45) is 0.166. The lowest BCUT2D eigenvalue weighted by molar-refractivity contribution is 0.0895. The maximum atomic E-state index is 12.4. The second-order valence-corrected chi connectivity index (χ2v) is 8.63. The first-order valence-corrected chi connectivity index (χ1v) is 10.8. The molecule has 0 saturated carbocycles. The van der Waals surface area contributed by atoms with Crippen molar-refractivity contribution in [3.8, 4) is 16.9 Å². The number of hydrogen-bond donors (Lipinski definition) is 0. The highest BCUT2D eigenvalue weighted by molar-refractivity contribution is 6.35. The molecule has 0 aliphatic carbocycles. The molecule has 1 aliphatic rings. The molecule has 4 rings (SSSR count). The van der Waals surface area contributed by atoms with Crippen molar-refractivity contribution in [3.05, 3.63) is 87.4 Å². The predicted octanol–water partition coefficient (Wildman–Crippen LogP) is 6.54. The van der Waals surface area contributed by atoms with E-state index in [4.69, 9.17) is 32.7 Å². The Kier molecular flexibility index (Phi) is 6.40. The molecule has 1 heterocycles. The first-order valence-electron chi connectivity index (χ1n) is 10.1. The Morgan fingerprint density at radius 3 is 2.65 bits per heavy atom. The molecule has 3 aromatic carbocycles. The van der Waals surface area contributed by atoms with E-state index in [1.165, 1.54) is 0 Å². The molecule has 31 heavy (non-hydrogen) atoms. The van der Waals surface area contributed by atoms with E-state index in [2.05, 4.69) is 12.1 Å². The van der Waals surface area contributed by atoms with Crippen LogP contribution in [-0.4, -0.2) is 30.7 Å². The van der Waals surface area contributed by atoms with Gasteiger partial charge in [0.1, 0.15) is 18.5 Å². The zero-order chi connectivity index (χ0) is 22.0. The highest BCUT2D eigenvalue weighted by Gasteiger charge is 2.29. The topological polar surface area (TPSA) is 38.8 Å². The molecule has 3 aromatic rings. The summed E-state index contributed by atoms with van der Waals surface area (Å²) in [5.41, 5.74) is 4.92. The molecule has 6 heteroatoms. The molecule has 4 nitrogen and oxygen atoms in total. The Bertz CT molecular complexity index is 1100. The highest BCUT2D eigenvalue weighted by Crippen LogP contribution is 2.43. The van der Waals surface area contributed by atoms with Crippen molar-refractivity contribution in [2.45, 2.75) is 26.1 Å². The number of halogens is 2. The molecule has 0 aromatic heterocycles. The highest BCUT2D eigenvalue weighted by atomic mass is 35.5. The number of ether oxygens (including phenoxy) is 2. The lowest BCUT2D eigenvalue weighted by Crippen LogP contribution is -2.36. The van der Waals surface area contributed by atoms with E-state index in [1.54, 1.807) is 24.1 Å². The van der Waals surface area contributed by atoms with Crippen molar-refractivity contribution in [2.24, 2.45) is 0 Å². The van der Waals surface area contributed by atoms with Crippen LogP contribution in [0.2, 0.25) is 10.0 Å². The maximum absolute atomic E-state index is 12.4. The van der Waals surface area contributed by atoms with Crippen LogP contribution in [0, 0.1) is 6.92 Å². The van der Waals surface area contributed by atoms with Gasteiger partial charge in [-0.1, -0.05) is 59.6 Å². The maximum Gasteiger partial charge on any atom is 0.409 e. The smallest absolute Gasteiger partial charge is 0.409 e. The lowest BCUT2D eigenvalue weighted by atomic mass is 9.97. The number of carbonyl (C=O) groups is 1. The van der Waals surface area contributed by atoms with Gasteiger partial charge in [0.15, 0.2) is 0 Å². The van der Waals surface area contributed by atoms with Crippen molar-refractivity contribution in [3.63, 3.8) is 0 Å². The number of hydrogen-bond acceptors (Lipinski definition) is 3. The number of amides is 1. The Morgan fingerprint density at radius 1 is 1.10 bits per heavy atom. The Morgan fingerprint density at radius 2 is 1.87 bits per heavy atom. The average Bonchev–Trinajstić information content (AvgIpc) is 3.15. The normalized spacial score (nSPS) is 14.6. The number of benzene rings is 3. The standard InChI is InChI=1S/C25H23Cl2NO3/c1-16-10-18-12-20(14-28(2)25(29)30-15-17-6-4-3-5-7-17)31-24(18)22(11-16)21-13-19(26)8-9-23(21)27/h3-11,13,20H,12,14-15H2,1-2H3. The van der Waals surface area contributed by atoms with Crippen LogP contribution in [0.5, 0.6) is 5.75 Å². The van der Waals surface area contributed by atoms with E-state index < -0.39 is 0 Å². The first kappa shape index (κ1) is 21.5. The first-order chi connectivity index (χ1) is 14.9. The van der Waals surface area contributed by atoms with E-state index in [-0.39, 0.29) is 18.8 Å². The van der Waals surface area contributed by atoms with Crippen LogP contribution in [0.1, 0.15) is 16.7 Å². The van der Waals surface area contributed by atoms with E-state index >= 15 is 0 Å². The van der Waals surface area contributed by atoms with Crippen LogP contribution in [0.25, 0.3) is 11.1 Å². The molecule has 0 fully saturated rings. The van der Waals surface area contributed by atoms with Gasteiger partial charge in [-0.15, -0.1) is 0 Å². The second-order valence-electron chi connectivity index (χ2n) is 7.79. The SMILES string of the molecule is Cc1cc2c(c(-c3cc(Cl)ccc3Cl)c1)OC(CN(C)C(=O)OCc1ccccc1)C2. The van der Waals surface area contributed by atoms with Crippen molar-refractivity contribution < 1.29 is 14.3 Å². The van der Waals surface area contributed by atoms with Gasteiger partial charge in [-0.3, -0.25) is 0 Å². The minimum Gasteiger partial charge on any atom is -0.487 e. The van der Waals surface area contributed by atoms with Gasteiger partial charge in [0, 0.05) is 34.6 Å². The number of carbonyl (C=O) groups excluding carboxylic acids is 1. The molecule has 0 N–H and O–H groups in total. The van der Waals surface area contributed by atoms with Crippen molar-refractivity contribution in [2.75, 3.05) is 13.6 Å². The van der Waals surface area contributed by atoms with Gasteiger partial charge in [0.2, 0.25) is 0 Å². The molecule has 1 amide bonds. The number of rotatable bonds is 5. The third-order valence-corrected chi connectivity index (χ3v) is 5.82. The molecule has 0 spiro atoms. The number of nitrogens with zero attached hydrogens (tertiary/aromatic N) is 1. The molecule has 1 atom stereocenters. The Balaban J connectivity index is 1.46. The minimum atomic E-state index is -0.377. The van der Waals surface area contributed by atoms with E-state index in [9.17, 15) is 4.79 Å². The average molecular weight is 456 g/mol. The van der Waals surface area contributed by atoms with E-state index in [0.717, 1.165) is 33.6 Å². The van der Waals surface area contributed by atoms with Crippen LogP contribution < -0.4 is 4.74 Å². The lowest BCUT2D eigenvalue weighted by Gasteiger charge is -2.21. The van der Waals surface area contributed by atoms with Crippen molar-refractivity contribution in [1.82, 2.24) is 4.90 Å². The minimum absolute atomic E-state index is 0.164. The quantitative estimate of drug-likeness (QED) is 0.438. The number of likely N-dealkylation sites (N-methyl/N-ethyl adjacent to an activating group) is 1. The largest absolute Gasteiger partial charge is 0.487 e. The number of fused-ring (bicyclic) bond motifs is 1. The van der Waals surface area contributed by atoms with Crippen LogP contribution in [-0.2, 0) is 17.8 Å². The summed E-state index contributed by atoms with van der Waals surface area (Å²) in [5.74, 6) is 0.797. The summed E-state index contributed by atoms with van der Waals surface area (Å²) in [4.78, 5) is 14.0. The van der Waals surface area contributed by atoms with Gasteiger partial charge in [-0.25, -0.2) is 4.79 Å². The molecule has 1 aliphatic heterocycles. The molecule has 1 unspecified atom stereocenters. The summed E-state index contributed by atoms with van der Waals surface area (Å²) in [5, 5.41) is 1.23. The molecule has 160 valence electrons. The van der Waals surface area contributed by atoms with Gasteiger partial charge < -0.3 is 14.4 Å². The zero-order valence-corrected chi connectivity index (χ0v) is 18.9. The van der Waals surface area contributed by atoms with Gasteiger partial charge in [0.25, 0.3) is 0 Å². The van der Waals surface area contributed by atoms with Gasteiger partial charge in [-0.2, -0.15) is 0 Å². The van der Waals surface area contributed by atoms with Crippen LogP contribution in [0.15, 0.2) is 60.7 Å². The molecular formula is C25H23Cl2NO3.